The van der Waals surface area contributed by atoms with E-state index in [0.29, 0.717) is 28.7 Å². The molecule has 156 valence electrons. The van der Waals surface area contributed by atoms with Gasteiger partial charge in [0.2, 0.25) is 5.91 Å². The van der Waals surface area contributed by atoms with Gasteiger partial charge in [-0.3, -0.25) is 9.59 Å². The molecule has 1 heterocycles. The number of nitrogens with zero attached hydrogens (tertiary/aromatic N) is 3. The van der Waals surface area contributed by atoms with E-state index in [1.54, 1.807) is 24.3 Å². The molecular formula is C23H26N4O2S. The number of rotatable bonds is 8. The third kappa shape index (κ3) is 5.57. The number of benzene rings is 2. The Bertz CT molecular complexity index is 1020. The zero-order valence-corrected chi connectivity index (χ0v) is 18.5. The van der Waals surface area contributed by atoms with Gasteiger partial charge in [-0.25, -0.2) is 0 Å². The van der Waals surface area contributed by atoms with Crippen LogP contribution >= 0.6 is 11.8 Å². The van der Waals surface area contributed by atoms with E-state index in [0.717, 1.165) is 11.4 Å². The van der Waals surface area contributed by atoms with Gasteiger partial charge in [0.15, 0.2) is 16.8 Å². The number of hydrogen-bond acceptors (Lipinski definition) is 5. The molecule has 3 aromatic rings. The van der Waals surface area contributed by atoms with E-state index in [9.17, 15) is 9.59 Å². The van der Waals surface area contributed by atoms with E-state index in [-0.39, 0.29) is 17.4 Å². The molecule has 3 rings (SSSR count). The first kappa shape index (κ1) is 21.8. The van der Waals surface area contributed by atoms with Crippen LogP contribution in [-0.4, -0.2) is 32.2 Å². The van der Waals surface area contributed by atoms with E-state index >= 15 is 0 Å². The largest absolute Gasteiger partial charge is 0.326 e. The molecule has 1 N–H and O–H groups in total. The van der Waals surface area contributed by atoms with Crippen LogP contribution in [0.15, 0.2) is 53.7 Å². The summed E-state index contributed by atoms with van der Waals surface area (Å²) >= 11 is 1.36. The zero-order valence-electron chi connectivity index (χ0n) is 17.7. The quantitative estimate of drug-likeness (QED) is 0.419. The Morgan fingerprint density at radius 3 is 2.33 bits per heavy atom. The summed E-state index contributed by atoms with van der Waals surface area (Å²) < 4.78 is 1.90. The normalized spacial score (nSPS) is 11.0. The summed E-state index contributed by atoms with van der Waals surface area (Å²) in [6.45, 7) is 6.04. The lowest BCUT2D eigenvalue weighted by molar-refractivity contribution is -0.116. The van der Waals surface area contributed by atoms with Gasteiger partial charge in [0.1, 0.15) is 0 Å². The van der Waals surface area contributed by atoms with Gasteiger partial charge in [0.05, 0.1) is 5.75 Å². The van der Waals surface area contributed by atoms with Crippen molar-refractivity contribution in [3.05, 3.63) is 59.7 Å². The number of aryl methyl sites for hydroxylation is 1. The number of nitrogens with one attached hydrogen (secondary N) is 1. The molecule has 2 aromatic carbocycles. The average Bonchev–Trinajstić information content (AvgIpc) is 3.07. The van der Waals surface area contributed by atoms with Crippen LogP contribution in [0, 0.1) is 12.8 Å². The van der Waals surface area contributed by atoms with Crippen molar-refractivity contribution in [3.63, 3.8) is 0 Å². The number of Topliss-reactive ketones (excluding diaryl/α,β-unsaturated/α-hetero) is 1. The van der Waals surface area contributed by atoms with Crippen LogP contribution in [0.4, 0.5) is 5.69 Å². The first-order valence-corrected chi connectivity index (χ1v) is 10.8. The van der Waals surface area contributed by atoms with Crippen LogP contribution in [0.1, 0.15) is 36.2 Å². The third-order valence-corrected chi connectivity index (χ3v) is 5.58. The first-order valence-electron chi connectivity index (χ1n) is 9.86. The van der Waals surface area contributed by atoms with Crippen LogP contribution in [0.25, 0.3) is 11.4 Å². The van der Waals surface area contributed by atoms with Crippen molar-refractivity contribution in [1.29, 1.82) is 0 Å². The van der Waals surface area contributed by atoms with Gasteiger partial charge in [0.25, 0.3) is 0 Å². The molecule has 7 heteroatoms. The summed E-state index contributed by atoms with van der Waals surface area (Å²) in [5, 5.41) is 12.0. The summed E-state index contributed by atoms with van der Waals surface area (Å²) in [5.41, 5.74) is 3.47. The molecule has 0 aliphatic carbocycles. The molecule has 30 heavy (non-hydrogen) atoms. The summed E-state index contributed by atoms with van der Waals surface area (Å²) in [5.74, 6) is 1.31. The van der Waals surface area contributed by atoms with Gasteiger partial charge in [0, 0.05) is 30.3 Å². The smallest absolute Gasteiger partial charge is 0.224 e. The summed E-state index contributed by atoms with van der Waals surface area (Å²) in [4.78, 5) is 24.4. The number of thioether (sulfide) groups is 1. The molecule has 0 saturated heterocycles. The second-order valence-electron chi connectivity index (χ2n) is 7.67. The molecule has 0 fully saturated rings. The number of aromatic nitrogens is 3. The Morgan fingerprint density at radius 2 is 1.70 bits per heavy atom. The maximum Gasteiger partial charge on any atom is 0.224 e. The Hall–Kier alpha value is -2.93. The summed E-state index contributed by atoms with van der Waals surface area (Å²) in [7, 11) is 1.90. The average molecular weight is 423 g/mol. The summed E-state index contributed by atoms with van der Waals surface area (Å²) in [6, 6.07) is 15.1. The fourth-order valence-corrected chi connectivity index (χ4v) is 3.74. The van der Waals surface area contributed by atoms with Gasteiger partial charge in [-0.05, 0) is 37.1 Å². The van der Waals surface area contributed by atoms with Crippen molar-refractivity contribution >= 4 is 29.1 Å². The van der Waals surface area contributed by atoms with Crippen molar-refractivity contribution in [1.82, 2.24) is 14.8 Å². The lowest BCUT2D eigenvalue weighted by atomic mass is 10.1. The highest BCUT2D eigenvalue weighted by atomic mass is 32.2. The van der Waals surface area contributed by atoms with E-state index in [1.807, 2.05) is 56.7 Å². The van der Waals surface area contributed by atoms with Gasteiger partial charge in [-0.15, -0.1) is 10.2 Å². The number of hydrogen-bond donors (Lipinski definition) is 1. The SMILES string of the molecule is Cc1ccc(-c2nnc(SCC(=O)c3ccc(NC(=O)CC(C)C)cc3)n2C)cc1. The predicted molar refractivity (Wildman–Crippen MR) is 121 cm³/mol. The van der Waals surface area contributed by atoms with Crippen molar-refractivity contribution in [2.24, 2.45) is 13.0 Å². The number of ketones is 1. The standard InChI is InChI=1S/C23H26N4O2S/c1-15(2)13-21(29)24-19-11-9-17(10-12-19)20(28)14-30-23-26-25-22(27(23)4)18-7-5-16(3)6-8-18/h5-12,15H,13-14H2,1-4H3,(H,24,29). The monoisotopic (exact) mass is 422 g/mol. The lowest BCUT2D eigenvalue weighted by Gasteiger charge is -2.08. The Labute approximate surface area is 181 Å². The molecule has 6 nitrogen and oxygen atoms in total. The molecule has 0 aliphatic rings. The van der Waals surface area contributed by atoms with Gasteiger partial charge in [-0.1, -0.05) is 55.4 Å². The van der Waals surface area contributed by atoms with Gasteiger partial charge in [-0.2, -0.15) is 0 Å². The van der Waals surface area contributed by atoms with E-state index in [2.05, 4.69) is 15.5 Å². The second kappa shape index (κ2) is 9.71. The second-order valence-corrected chi connectivity index (χ2v) is 8.61. The highest BCUT2D eigenvalue weighted by Gasteiger charge is 2.14. The molecule has 0 unspecified atom stereocenters. The van der Waals surface area contributed by atoms with E-state index in [1.165, 1.54) is 17.3 Å². The number of amides is 1. The topological polar surface area (TPSA) is 76.9 Å². The maximum atomic E-state index is 12.6. The van der Waals surface area contributed by atoms with Crippen molar-refractivity contribution < 1.29 is 9.59 Å². The molecule has 0 spiro atoms. The number of carbonyl (C=O) groups excluding carboxylic acids is 2. The van der Waals surface area contributed by atoms with Crippen LogP contribution in [-0.2, 0) is 11.8 Å². The van der Waals surface area contributed by atoms with Gasteiger partial charge >= 0.3 is 0 Å². The molecule has 0 aliphatic heterocycles. The number of carbonyl (C=O) groups is 2. The van der Waals surface area contributed by atoms with Gasteiger partial charge < -0.3 is 9.88 Å². The van der Waals surface area contributed by atoms with E-state index in [4.69, 9.17) is 0 Å². The van der Waals surface area contributed by atoms with Crippen molar-refractivity contribution in [2.45, 2.75) is 32.3 Å². The maximum absolute atomic E-state index is 12.6. The predicted octanol–water partition coefficient (Wildman–Crippen LogP) is 4.75. The van der Waals surface area contributed by atoms with Crippen LogP contribution in [0.5, 0.6) is 0 Å². The fraction of sp³-hybridized carbons (Fsp3) is 0.304. The Balaban J connectivity index is 1.59. The minimum atomic E-state index is -0.0219. The van der Waals surface area contributed by atoms with Crippen LogP contribution in [0.2, 0.25) is 0 Å². The van der Waals surface area contributed by atoms with Crippen LogP contribution in [0.3, 0.4) is 0 Å². The first-order chi connectivity index (χ1) is 14.3. The van der Waals surface area contributed by atoms with Crippen molar-refractivity contribution in [3.8, 4) is 11.4 Å². The van der Waals surface area contributed by atoms with Crippen LogP contribution < -0.4 is 5.32 Å². The molecule has 0 saturated carbocycles. The Morgan fingerprint density at radius 1 is 1.03 bits per heavy atom. The fourth-order valence-electron chi connectivity index (χ4n) is 2.93. The minimum absolute atomic E-state index is 0.0000529. The van der Waals surface area contributed by atoms with E-state index < -0.39 is 0 Å². The molecule has 0 atom stereocenters. The lowest BCUT2D eigenvalue weighted by Crippen LogP contribution is -2.14. The number of anilines is 1. The van der Waals surface area contributed by atoms with Crippen molar-refractivity contribution in [2.75, 3.05) is 11.1 Å². The minimum Gasteiger partial charge on any atom is -0.326 e. The Kier molecular flexibility index (Phi) is 7.05. The molecule has 0 radical (unpaired) electrons. The third-order valence-electron chi connectivity index (χ3n) is 4.56. The highest BCUT2D eigenvalue weighted by molar-refractivity contribution is 7.99. The zero-order chi connectivity index (χ0) is 21.7. The summed E-state index contributed by atoms with van der Waals surface area (Å²) in [6.07, 6.45) is 0.472. The highest BCUT2D eigenvalue weighted by Crippen LogP contribution is 2.24. The molecule has 0 bridgehead atoms. The molecule has 1 aromatic heterocycles. The molecular weight excluding hydrogens is 396 g/mol. The molecule has 1 amide bonds.